The number of carbonyl (C=O) groups excluding carboxylic acids is 1. The number of amides is 1. The molecule has 26 heavy (non-hydrogen) atoms. The molecule has 1 aromatic carbocycles. The molecule has 0 saturated carbocycles. The number of aromatic nitrogens is 2. The molecule has 1 aliphatic rings. The van der Waals surface area contributed by atoms with Gasteiger partial charge in [0.25, 0.3) is 5.91 Å². The quantitative estimate of drug-likeness (QED) is 0.691. The first-order chi connectivity index (χ1) is 12.5. The van der Waals surface area contributed by atoms with Crippen molar-refractivity contribution in [3.8, 4) is 5.75 Å². The number of halogens is 1. The summed E-state index contributed by atoms with van der Waals surface area (Å²) >= 11 is 3.21. The summed E-state index contributed by atoms with van der Waals surface area (Å²) in [5.74, 6) is 0.265. The number of nitrogen functional groups attached to an aromatic ring is 1. The molecule has 9 heteroatoms. The average Bonchev–Trinajstić information content (AvgIpc) is 2.63. The number of anilines is 3. The van der Waals surface area contributed by atoms with Crippen LogP contribution in [0, 0.1) is 0 Å². The Labute approximate surface area is 160 Å². The predicted molar refractivity (Wildman–Crippen MR) is 105 cm³/mol. The van der Waals surface area contributed by atoms with Crippen molar-refractivity contribution >= 4 is 39.0 Å². The van der Waals surface area contributed by atoms with E-state index in [1.807, 2.05) is 12.1 Å². The van der Waals surface area contributed by atoms with Crippen LogP contribution >= 0.6 is 15.9 Å². The normalized spacial score (nSPS) is 17.0. The lowest BCUT2D eigenvalue weighted by molar-refractivity contribution is 0.102. The number of nitrogens with two attached hydrogens (primary N) is 2. The van der Waals surface area contributed by atoms with Crippen molar-refractivity contribution in [3.05, 3.63) is 34.7 Å². The number of hydrogen-bond acceptors (Lipinski definition) is 7. The molecule has 1 fully saturated rings. The standard InChI is InChI=1S/C17H21BrN6O2/c1-26-11-4-5-13(24-6-2-3-10(19)9-24)12(7-11)22-17(25)15-16(20)21-8-14(18)23-15/h4-5,7-8,10H,2-3,6,9,19H2,1H3,(H2,20,21)(H,22,25). The number of ether oxygens (including phenoxy) is 1. The SMILES string of the molecule is COc1ccc(N2CCCC(N)C2)c(NC(=O)c2nc(Br)cnc2N)c1. The summed E-state index contributed by atoms with van der Waals surface area (Å²) in [6.07, 6.45) is 3.45. The fourth-order valence-corrected chi connectivity index (χ4v) is 3.25. The lowest BCUT2D eigenvalue weighted by Crippen LogP contribution is -2.43. The summed E-state index contributed by atoms with van der Waals surface area (Å²) in [6, 6.07) is 5.66. The van der Waals surface area contributed by atoms with E-state index in [1.165, 1.54) is 6.20 Å². The third-order valence-electron chi connectivity index (χ3n) is 4.24. The third-order valence-corrected chi connectivity index (χ3v) is 4.62. The number of carbonyl (C=O) groups is 1. The second kappa shape index (κ2) is 7.88. The van der Waals surface area contributed by atoms with E-state index in [0.717, 1.165) is 31.6 Å². The molecule has 1 amide bonds. The maximum Gasteiger partial charge on any atom is 0.278 e. The molecule has 0 radical (unpaired) electrons. The fourth-order valence-electron chi connectivity index (χ4n) is 2.97. The summed E-state index contributed by atoms with van der Waals surface area (Å²) in [7, 11) is 1.58. The van der Waals surface area contributed by atoms with Crippen LogP contribution in [0.5, 0.6) is 5.75 Å². The van der Waals surface area contributed by atoms with E-state index in [-0.39, 0.29) is 17.6 Å². The van der Waals surface area contributed by atoms with E-state index >= 15 is 0 Å². The van der Waals surface area contributed by atoms with Crippen LogP contribution in [0.3, 0.4) is 0 Å². The Morgan fingerprint density at radius 3 is 3.00 bits per heavy atom. The van der Waals surface area contributed by atoms with Gasteiger partial charge >= 0.3 is 0 Å². The highest BCUT2D eigenvalue weighted by molar-refractivity contribution is 9.10. The molecule has 138 valence electrons. The van der Waals surface area contributed by atoms with Gasteiger partial charge in [0, 0.05) is 25.2 Å². The van der Waals surface area contributed by atoms with Crippen LogP contribution in [-0.4, -0.2) is 42.1 Å². The lowest BCUT2D eigenvalue weighted by atomic mass is 10.1. The highest BCUT2D eigenvalue weighted by Crippen LogP contribution is 2.32. The first-order valence-corrected chi connectivity index (χ1v) is 9.05. The predicted octanol–water partition coefficient (Wildman–Crippen LogP) is 2.01. The van der Waals surface area contributed by atoms with E-state index < -0.39 is 5.91 Å². The van der Waals surface area contributed by atoms with Crippen LogP contribution in [0.25, 0.3) is 0 Å². The number of benzene rings is 1. The summed E-state index contributed by atoms with van der Waals surface area (Å²) in [6.45, 7) is 1.61. The molecule has 0 bridgehead atoms. The van der Waals surface area contributed by atoms with E-state index in [1.54, 1.807) is 13.2 Å². The first-order valence-electron chi connectivity index (χ1n) is 8.26. The van der Waals surface area contributed by atoms with Gasteiger partial charge in [0.05, 0.1) is 24.7 Å². The molecular weight excluding hydrogens is 400 g/mol. The molecule has 1 saturated heterocycles. The van der Waals surface area contributed by atoms with Gasteiger partial charge in [-0.3, -0.25) is 4.79 Å². The van der Waals surface area contributed by atoms with E-state index in [4.69, 9.17) is 16.2 Å². The van der Waals surface area contributed by atoms with Crippen molar-refractivity contribution in [2.75, 3.05) is 36.1 Å². The lowest BCUT2D eigenvalue weighted by Gasteiger charge is -2.34. The molecule has 3 rings (SSSR count). The van der Waals surface area contributed by atoms with E-state index in [0.29, 0.717) is 16.0 Å². The Kier molecular flexibility index (Phi) is 5.58. The number of rotatable bonds is 4. The van der Waals surface area contributed by atoms with Gasteiger partial charge < -0.3 is 26.4 Å². The summed E-state index contributed by atoms with van der Waals surface area (Å²) < 4.78 is 5.73. The number of hydrogen-bond donors (Lipinski definition) is 3. The molecule has 1 aromatic heterocycles. The van der Waals surface area contributed by atoms with Crippen molar-refractivity contribution in [1.82, 2.24) is 9.97 Å². The van der Waals surface area contributed by atoms with Crippen LogP contribution in [0.15, 0.2) is 29.0 Å². The van der Waals surface area contributed by atoms with Crippen molar-refractivity contribution in [2.45, 2.75) is 18.9 Å². The zero-order valence-corrected chi connectivity index (χ0v) is 16.0. The molecule has 1 aliphatic heterocycles. The maximum absolute atomic E-state index is 12.7. The van der Waals surface area contributed by atoms with Gasteiger partial charge in [-0.05, 0) is 40.9 Å². The summed E-state index contributed by atoms with van der Waals surface area (Å²) in [5.41, 5.74) is 13.5. The molecule has 1 unspecified atom stereocenters. The molecule has 2 aromatic rings. The van der Waals surface area contributed by atoms with Gasteiger partial charge in [-0.25, -0.2) is 9.97 Å². The zero-order valence-electron chi connectivity index (χ0n) is 14.4. The first kappa shape index (κ1) is 18.4. The minimum absolute atomic E-state index is 0.0588. The van der Waals surface area contributed by atoms with E-state index in [9.17, 15) is 4.79 Å². The zero-order chi connectivity index (χ0) is 18.7. The molecule has 2 heterocycles. The molecule has 0 spiro atoms. The molecular formula is C17H21BrN6O2. The average molecular weight is 421 g/mol. The summed E-state index contributed by atoms with van der Waals surface area (Å²) in [4.78, 5) is 22.9. The van der Waals surface area contributed by atoms with Gasteiger partial charge in [-0.1, -0.05) is 0 Å². The number of methoxy groups -OCH3 is 1. The van der Waals surface area contributed by atoms with Crippen LogP contribution in [-0.2, 0) is 0 Å². The minimum Gasteiger partial charge on any atom is -0.497 e. The molecule has 1 atom stereocenters. The van der Waals surface area contributed by atoms with Gasteiger partial charge in [-0.15, -0.1) is 0 Å². The van der Waals surface area contributed by atoms with Crippen LogP contribution in [0.1, 0.15) is 23.3 Å². The minimum atomic E-state index is -0.438. The van der Waals surface area contributed by atoms with Gasteiger partial charge in [0.1, 0.15) is 10.4 Å². The second-order valence-electron chi connectivity index (χ2n) is 6.11. The topological polar surface area (TPSA) is 119 Å². The number of nitrogens with one attached hydrogen (secondary N) is 1. The van der Waals surface area contributed by atoms with Crippen molar-refractivity contribution in [3.63, 3.8) is 0 Å². The van der Waals surface area contributed by atoms with Crippen molar-refractivity contribution < 1.29 is 9.53 Å². The number of nitrogens with zero attached hydrogens (tertiary/aromatic N) is 3. The highest BCUT2D eigenvalue weighted by atomic mass is 79.9. The Bertz CT molecular complexity index is 816. The van der Waals surface area contributed by atoms with Crippen LogP contribution in [0.4, 0.5) is 17.2 Å². The van der Waals surface area contributed by atoms with E-state index in [2.05, 4.69) is 36.1 Å². The smallest absolute Gasteiger partial charge is 0.278 e. The second-order valence-corrected chi connectivity index (χ2v) is 6.92. The summed E-state index contributed by atoms with van der Waals surface area (Å²) in [5, 5.41) is 2.88. The third kappa shape index (κ3) is 4.05. The van der Waals surface area contributed by atoms with Gasteiger partial charge in [-0.2, -0.15) is 0 Å². The largest absolute Gasteiger partial charge is 0.497 e. The Hall–Kier alpha value is -2.39. The Balaban J connectivity index is 1.92. The monoisotopic (exact) mass is 420 g/mol. The van der Waals surface area contributed by atoms with Crippen molar-refractivity contribution in [2.24, 2.45) is 5.73 Å². The fraction of sp³-hybridized carbons (Fsp3) is 0.353. The number of piperidine rings is 1. The van der Waals surface area contributed by atoms with Crippen LogP contribution < -0.4 is 26.4 Å². The molecule has 8 nitrogen and oxygen atoms in total. The maximum atomic E-state index is 12.7. The Morgan fingerprint density at radius 1 is 1.46 bits per heavy atom. The van der Waals surface area contributed by atoms with Crippen LogP contribution in [0.2, 0.25) is 0 Å². The Morgan fingerprint density at radius 2 is 2.27 bits per heavy atom. The molecule has 0 aliphatic carbocycles. The highest BCUT2D eigenvalue weighted by Gasteiger charge is 2.22. The van der Waals surface area contributed by atoms with Gasteiger partial charge in [0.15, 0.2) is 11.5 Å². The van der Waals surface area contributed by atoms with Crippen molar-refractivity contribution in [1.29, 1.82) is 0 Å². The van der Waals surface area contributed by atoms with Gasteiger partial charge in [0.2, 0.25) is 0 Å². The molecule has 5 N–H and O–H groups in total.